The van der Waals surface area contributed by atoms with Crippen molar-refractivity contribution < 1.29 is 4.74 Å². The van der Waals surface area contributed by atoms with Crippen molar-refractivity contribution in [1.82, 2.24) is 0 Å². The summed E-state index contributed by atoms with van der Waals surface area (Å²) < 4.78 is 6.86. The van der Waals surface area contributed by atoms with Crippen LogP contribution >= 0.6 is 39.1 Å². The molecule has 0 unspecified atom stereocenters. The monoisotopic (exact) mass is 435 g/mol. The molecular formula is C20H16BrCl2NO. The van der Waals surface area contributed by atoms with Gasteiger partial charge in [-0.15, -0.1) is 0 Å². The lowest BCUT2D eigenvalue weighted by Crippen LogP contribution is -2.00. The molecule has 0 spiro atoms. The van der Waals surface area contributed by atoms with Gasteiger partial charge in [0.2, 0.25) is 0 Å². The van der Waals surface area contributed by atoms with Gasteiger partial charge in [0.05, 0.1) is 0 Å². The highest BCUT2D eigenvalue weighted by Gasteiger charge is 2.06. The molecule has 0 aliphatic heterocycles. The molecule has 5 heteroatoms. The Morgan fingerprint density at radius 3 is 2.12 bits per heavy atom. The molecule has 0 amide bonds. The second kappa shape index (κ2) is 8.61. The quantitative estimate of drug-likeness (QED) is 0.451. The van der Waals surface area contributed by atoms with Crippen LogP contribution in [-0.4, -0.2) is 0 Å². The van der Waals surface area contributed by atoms with Gasteiger partial charge in [-0.25, -0.2) is 0 Å². The molecule has 0 bridgehead atoms. The van der Waals surface area contributed by atoms with Crippen molar-refractivity contribution in [3.05, 3.63) is 92.4 Å². The van der Waals surface area contributed by atoms with Crippen molar-refractivity contribution in [2.75, 3.05) is 5.32 Å². The highest BCUT2D eigenvalue weighted by Crippen LogP contribution is 2.26. The highest BCUT2D eigenvalue weighted by atomic mass is 79.9. The van der Waals surface area contributed by atoms with Gasteiger partial charge in [0.15, 0.2) is 0 Å². The van der Waals surface area contributed by atoms with E-state index < -0.39 is 0 Å². The van der Waals surface area contributed by atoms with Gasteiger partial charge in [0.25, 0.3) is 0 Å². The molecule has 0 saturated carbocycles. The second-order valence-electron chi connectivity index (χ2n) is 5.49. The first-order valence-corrected chi connectivity index (χ1v) is 9.31. The van der Waals surface area contributed by atoms with Gasteiger partial charge >= 0.3 is 0 Å². The first-order valence-electron chi connectivity index (χ1n) is 7.76. The van der Waals surface area contributed by atoms with Crippen LogP contribution in [0.3, 0.4) is 0 Å². The molecule has 2 nitrogen and oxygen atoms in total. The summed E-state index contributed by atoms with van der Waals surface area (Å²) in [6.45, 7) is 1.09. The van der Waals surface area contributed by atoms with Crippen LogP contribution in [0.25, 0.3) is 0 Å². The van der Waals surface area contributed by atoms with Crippen LogP contribution in [0.4, 0.5) is 5.69 Å². The lowest BCUT2D eigenvalue weighted by atomic mass is 10.2. The van der Waals surface area contributed by atoms with Crippen LogP contribution in [0, 0.1) is 0 Å². The largest absolute Gasteiger partial charge is 0.489 e. The van der Waals surface area contributed by atoms with Gasteiger partial charge in [0.1, 0.15) is 12.4 Å². The van der Waals surface area contributed by atoms with Gasteiger partial charge in [-0.1, -0.05) is 57.3 Å². The minimum absolute atomic E-state index is 0.342. The summed E-state index contributed by atoms with van der Waals surface area (Å²) in [4.78, 5) is 0. The molecule has 3 rings (SSSR count). The van der Waals surface area contributed by atoms with E-state index in [0.29, 0.717) is 16.7 Å². The van der Waals surface area contributed by atoms with E-state index in [1.54, 1.807) is 0 Å². The van der Waals surface area contributed by atoms with Crippen molar-refractivity contribution in [2.24, 2.45) is 0 Å². The first kappa shape index (κ1) is 18.1. The number of benzene rings is 3. The molecule has 0 radical (unpaired) electrons. The fourth-order valence-electron chi connectivity index (χ4n) is 2.30. The van der Waals surface area contributed by atoms with Crippen LogP contribution < -0.4 is 10.1 Å². The van der Waals surface area contributed by atoms with E-state index in [0.717, 1.165) is 28.0 Å². The maximum absolute atomic E-state index is 6.15. The molecule has 0 saturated heterocycles. The maximum Gasteiger partial charge on any atom is 0.119 e. The van der Waals surface area contributed by atoms with Gasteiger partial charge < -0.3 is 10.1 Å². The predicted octanol–water partition coefficient (Wildman–Crippen LogP) is 6.95. The number of hydrogen-bond donors (Lipinski definition) is 1. The highest BCUT2D eigenvalue weighted by molar-refractivity contribution is 9.10. The van der Waals surface area contributed by atoms with Crippen molar-refractivity contribution >= 4 is 44.8 Å². The van der Waals surface area contributed by atoms with E-state index in [1.165, 1.54) is 5.56 Å². The zero-order valence-electron chi connectivity index (χ0n) is 13.3. The third-order valence-electron chi connectivity index (χ3n) is 3.71. The molecular weight excluding hydrogens is 421 g/mol. The van der Waals surface area contributed by atoms with Crippen LogP contribution in [-0.2, 0) is 13.2 Å². The molecule has 128 valence electrons. The molecule has 1 N–H and O–H groups in total. The Labute approximate surface area is 165 Å². The van der Waals surface area contributed by atoms with Crippen LogP contribution in [0.2, 0.25) is 10.0 Å². The number of nitrogens with one attached hydrogen (secondary N) is 1. The van der Waals surface area contributed by atoms with Crippen molar-refractivity contribution in [3.63, 3.8) is 0 Å². The summed E-state index contributed by atoms with van der Waals surface area (Å²) in [5, 5.41) is 4.61. The van der Waals surface area contributed by atoms with E-state index in [9.17, 15) is 0 Å². The summed E-state index contributed by atoms with van der Waals surface area (Å²) in [5.41, 5.74) is 3.05. The zero-order chi connectivity index (χ0) is 17.6. The van der Waals surface area contributed by atoms with Gasteiger partial charge in [-0.05, 0) is 54.1 Å². The van der Waals surface area contributed by atoms with Crippen LogP contribution in [0.5, 0.6) is 5.75 Å². The summed E-state index contributed by atoms with van der Waals surface area (Å²) in [6, 6.07) is 21.5. The Morgan fingerprint density at radius 2 is 1.48 bits per heavy atom. The Bertz CT molecular complexity index is 815. The fraction of sp³-hybridized carbons (Fsp3) is 0.100. The number of anilines is 1. The summed E-state index contributed by atoms with van der Waals surface area (Å²) in [6.07, 6.45) is 0. The molecule has 3 aromatic carbocycles. The molecule has 0 atom stereocenters. The topological polar surface area (TPSA) is 21.3 Å². The summed E-state index contributed by atoms with van der Waals surface area (Å²) >= 11 is 15.7. The normalized spacial score (nSPS) is 10.5. The molecule has 0 aliphatic rings. The number of ether oxygens (including phenoxy) is 1. The minimum atomic E-state index is 0.342. The molecule has 0 heterocycles. The number of halogens is 3. The summed E-state index contributed by atoms with van der Waals surface area (Å²) in [7, 11) is 0. The third kappa shape index (κ3) is 5.15. The number of hydrogen-bond acceptors (Lipinski definition) is 2. The molecule has 25 heavy (non-hydrogen) atoms. The molecule has 0 fully saturated rings. The maximum atomic E-state index is 6.15. The Hall–Kier alpha value is -1.68. The standard InChI is InChI=1S/C20H16BrCl2NO/c21-15-6-8-16(9-7-15)24-12-14-4-10-17(11-5-14)25-13-18-19(22)2-1-3-20(18)23/h1-11,24H,12-13H2. The average molecular weight is 437 g/mol. The van der Waals surface area contributed by atoms with Crippen molar-refractivity contribution in [1.29, 1.82) is 0 Å². The lowest BCUT2D eigenvalue weighted by molar-refractivity contribution is 0.306. The first-order chi connectivity index (χ1) is 12.1. The van der Waals surface area contributed by atoms with E-state index in [2.05, 4.69) is 21.2 Å². The van der Waals surface area contributed by atoms with Gasteiger partial charge in [-0.2, -0.15) is 0 Å². The Kier molecular flexibility index (Phi) is 6.24. The second-order valence-corrected chi connectivity index (χ2v) is 7.22. The fourth-order valence-corrected chi connectivity index (χ4v) is 3.07. The molecule has 0 aromatic heterocycles. The van der Waals surface area contributed by atoms with Gasteiger partial charge in [0, 0.05) is 32.3 Å². The predicted molar refractivity (Wildman–Crippen MR) is 109 cm³/mol. The van der Waals surface area contributed by atoms with Crippen molar-refractivity contribution in [3.8, 4) is 5.75 Å². The van der Waals surface area contributed by atoms with E-state index in [-0.39, 0.29) is 0 Å². The third-order valence-corrected chi connectivity index (χ3v) is 4.95. The smallest absolute Gasteiger partial charge is 0.119 e. The Balaban J connectivity index is 1.56. The van der Waals surface area contributed by atoms with Crippen molar-refractivity contribution in [2.45, 2.75) is 13.2 Å². The zero-order valence-corrected chi connectivity index (χ0v) is 16.4. The lowest BCUT2D eigenvalue weighted by Gasteiger charge is -2.11. The van der Waals surface area contributed by atoms with Gasteiger partial charge in [-0.3, -0.25) is 0 Å². The minimum Gasteiger partial charge on any atom is -0.489 e. The SMILES string of the molecule is Clc1cccc(Cl)c1COc1ccc(CNc2ccc(Br)cc2)cc1. The van der Waals surface area contributed by atoms with E-state index in [4.69, 9.17) is 27.9 Å². The average Bonchev–Trinajstić information content (AvgIpc) is 2.62. The Morgan fingerprint density at radius 1 is 0.840 bits per heavy atom. The van der Waals surface area contributed by atoms with Crippen LogP contribution in [0.15, 0.2) is 71.2 Å². The summed E-state index contributed by atoms with van der Waals surface area (Å²) in [5.74, 6) is 0.781. The molecule has 0 aliphatic carbocycles. The molecule has 3 aromatic rings. The van der Waals surface area contributed by atoms with Crippen LogP contribution in [0.1, 0.15) is 11.1 Å². The number of rotatable bonds is 6. The van der Waals surface area contributed by atoms with E-state index >= 15 is 0 Å². The van der Waals surface area contributed by atoms with E-state index in [1.807, 2.05) is 66.7 Å².